The summed E-state index contributed by atoms with van der Waals surface area (Å²) in [6.07, 6.45) is 2.71. The van der Waals surface area contributed by atoms with Gasteiger partial charge in [0.1, 0.15) is 17.5 Å². The number of benzene rings is 1. The minimum Gasteiger partial charge on any atom is -0.445 e. The Labute approximate surface area is 152 Å². The summed E-state index contributed by atoms with van der Waals surface area (Å²) in [7, 11) is 0. The number of carbonyl (C=O) groups is 2. The van der Waals surface area contributed by atoms with Crippen LogP contribution in [0.5, 0.6) is 0 Å². The lowest BCUT2D eigenvalue weighted by Crippen LogP contribution is -2.48. The quantitative estimate of drug-likeness (QED) is 0.845. The molecule has 2 aliphatic rings. The molecule has 0 radical (unpaired) electrons. The molecular weight excluding hydrogens is 330 g/mol. The van der Waals surface area contributed by atoms with Crippen molar-refractivity contribution in [2.75, 3.05) is 13.1 Å². The van der Waals surface area contributed by atoms with Gasteiger partial charge in [-0.05, 0) is 18.9 Å². The minimum atomic E-state index is -0.401. The third-order valence-electron chi connectivity index (χ3n) is 5.22. The summed E-state index contributed by atoms with van der Waals surface area (Å²) in [5.41, 5.74) is 2.00. The topological polar surface area (TPSA) is 66.7 Å². The zero-order valence-corrected chi connectivity index (χ0v) is 15.0. The van der Waals surface area contributed by atoms with Gasteiger partial charge in [0.25, 0.3) is 0 Å². The van der Waals surface area contributed by atoms with Gasteiger partial charge in [-0.2, -0.15) is 0 Å². The summed E-state index contributed by atoms with van der Waals surface area (Å²) in [5, 5.41) is 0. The molecule has 1 aromatic heterocycles. The zero-order chi connectivity index (χ0) is 18.1. The Morgan fingerprint density at radius 3 is 2.77 bits per heavy atom. The number of rotatable bonds is 4. The van der Waals surface area contributed by atoms with E-state index in [1.807, 2.05) is 37.3 Å². The van der Waals surface area contributed by atoms with Gasteiger partial charge in [-0.3, -0.25) is 9.59 Å². The second-order valence-corrected chi connectivity index (χ2v) is 7.02. The standard InChI is InChI=1S/C20H23N3O3/c1-14(23-10-5-8-19(23)24)20(25)22-11-9-17-16(13-22)21-18(26-17)12-15-6-3-2-4-7-15/h2-4,6-7,14H,5,8-13H2,1H3. The molecule has 6 heteroatoms. The van der Waals surface area contributed by atoms with E-state index in [4.69, 9.17) is 4.42 Å². The van der Waals surface area contributed by atoms with E-state index >= 15 is 0 Å². The normalized spacial score (nSPS) is 18.1. The largest absolute Gasteiger partial charge is 0.445 e. The lowest BCUT2D eigenvalue weighted by atomic mass is 10.1. The second kappa shape index (κ2) is 6.94. The Bertz CT molecular complexity index is 815. The average molecular weight is 353 g/mol. The first-order chi connectivity index (χ1) is 12.6. The number of nitrogens with zero attached hydrogens (tertiary/aromatic N) is 3. The van der Waals surface area contributed by atoms with Crippen molar-refractivity contribution in [3.05, 3.63) is 53.2 Å². The second-order valence-electron chi connectivity index (χ2n) is 7.02. The lowest BCUT2D eigenvalue weighted by molar-refractivity contribution is -0.143. The van der Waals surface area contributed by atoms with E-state index < -0.39 is 6.04 Å². The summed E-state index contributed by atoms with van der Waals surface area (Å²) in [6.45, 7) is 3.57. The van der Waals surface area contributed by atoms with Crippen LogP contribution in [-0.4, -0.2) is 45.7 Å². The Morgan fingerprint density at radius 2 is 2.04 bits per heavy atom. The van der Waals surface area contributed by atoms with E-state index in [2.05, 4.69) is 4.98 Å². The predicted molar refractivity (Wildman–Crippen MR) is 95.3 cm³/mol. The molecule has 2 aliphatic heterocycles. The van der Waals surface area contributed by atoms with Crippen LogP contribution in [0.25, 0.3) is 0 Å². The number of likely N-dealkylation sites (tertiary alicyclic amines) is 1. The summed E-state index contributed by atoms with van der Waals surface area (Å²) in [6, 6.07) is 9.68. The predicted octanol–water partition coefficient (Wildman–Crippen LogP) is 2.16. The molecule has 1 saturated heterocycles. The maximum Gasteiger partial charge on any atom is 0.245 e. The van der Waals surface area contributed by atoms with Crippen LogP contribution in [0.2, 0.25) is 0 Å². The number of carbonyl (C=O) groups excluding carboxylic acids is 2. The van der Waals surface area contributed by atoms with Gasteiger partial charge >= 0.3 is 0 Å². The van der Waals surface area contributed by atoms with Gasteiger partial charge in [0.15, 0.2) is 5.89 Å². The Hall–Kier alpha value is -2.63. The first-order valence-corrected chi connectivity index (χ1v) is 9.21. The van der Waals surface area contributed by atoms with Crippen LogP contribution in [-0.2, 0) is 29.0 Å². The molecule has 4 rings (SSSR count). The SMILES string of the molecule is CC(C(=O)N1CCc2oc(Cc3ccccc3)nc2C1)N1CCCC1=O. The fraction of sp³-hybridized carbons (Fsp3) is 0.450. The molecule has 0 spiro atoms. The molecule has 26 heavy (non-hydrogen) atoms. The third-order valence-corrected chi connectivity index (χ3v) is 5.22. The van der Waals surface area contributed by atoms with E-state index in [1.54, 1.807) is 9.80 Å². The first-order valence-electron chi connectivity index (χ1n) is 9.21. The smallest absolute Gasteiger partial charge is 0.245 e. The van der Waals surface area contributed by atoms with Gasteiger partial charge < -0.3 is 14.2 Å². The highest BCUT2D eigenvalue weighted by Crippen LogP contribution is 2.23. The summed E-state index contributed by atoms with van der Waals surface area (Å²) in [4.78, 5) is 32.8. The van der Waals surface area contributed by atoms with Crippen molar-refractivity contribution in [1.82, 2.24) is 14.8 Å². The van der Waals surface area contributed by atoms with Gasteiger partial charge in [-0.25, -0.2) is 4.98 Å². The summed E-state index contributed by atoms with van der Waals surface area (Å²) >= 11 is 0. The van der Waals surface area contributed by atoms with Gasteiger partial charge in [0.05, 0.1) is 6.54 Å². The Balaban J connectivity index is 1.44. The van der Waals surface area contributed by atoms with Crippen molar-refractivity contribution in [3.63, 3.8) is 0 Å². The molecule has 0 N–H and O–H groups in total. The zero-order valence-electron chi connectivity index (χ0n) is 15.0. The lowest BCUT2D eigenvalue weighted by Gasteiger charge is -2.31. The highest BCUT2D eigenvalue weighted by atomic mass is 16.4. The van der Waals surface area contributed by atoms with E-state index in [0.717, 1.165) is 23.4 Å². The van der Waals surface area contributed by atoms with Crippen molar-refractivity contribution in [1.29, 1.82) is 0 Å². The molecule has 0 saturated carbocycles. The number of hydrogen-bond acceptors (Lipinski definition) is 4. The van der Waals surface area contributed by atoms with E-state index in [-0.39, 0.29) is 11.8 Å². The number of amides is 2. The minimum absolute atomic E-state index is 0.00138. The molecule has 1 unspecified atom stereocenters. The first kappa shape index (κ1) is 16.8. The van der Waals surface area contributed by atoms with Crippen molar-refractivity contribution in [2.45, 2.75) is 45.2 Å². The summed E-state index contributed by atoms with van der Waals surface area (Å²) < 4.78 is 5.90. The molecule has 1 atom stereocenters. The van der Waals surface area contributed by atoms with Gasteiger partial charge in [-0.1, -0.05) is 30.3 Å². The maximum absolute atomic E-state index is 12.8. The fourth-order valence-corrected chi connectivity index (χ4v) is 3.76. The monoisotopic (exact) mass is 353 g/mol. The third kappa shape index (κ3) is 3.23. The molecule has 0 bridgehead atoms. The number of oxazole rings is 1. The maximum atomic E-state index is 12.8. The summed E-state index contributed by atoms with van der Waals surface area (Å²) in [5.74, 6) is 1.65. The molecule has 1 aromatic carbocycles. The highest BCUT2D eigenvalue weighted by Gasteiger charge is 2.34. The van der Waals surface area contributed by atoms with Crippen molar-refractivity contribution in [2.24, 2.45) is 0 Å². The molecule has 2 aromatic rings. The Kier molecular flexibility index (Phi) is 4.49. The highest BCUT2D eigenvalue weighted by molar-refractivity contribution is 5.88. The van der Waals surface area contributed by atoms with Gasteiger partial charge in [0, 0.05) is 32.4 Å². The fourth-order valence-electron chi connectivity index (χ4n) is 3.76. The molecule has 136 valence electrons. The van der Waals surface area contributed by atoms with Crippen LogP contribution < -0.4 is 0 Å². The van der Waals surface area contributed by atoms with Crippen LogP contribution in [0.4, 0.5) is 0 Å². The molecule has 6 nitrogen and oxygen atoms in total. The molecular formula is C20H23N3O3. The van der Waals surface area contributed by atoms with Gasteiger partial charge in [0.2, 0.25) is 11.8 Å². The molecule has 2 amide bonds. The number of hydrogen-bond donors (Lipinski definition) is 0. The molecule has 0 aliphatic carbocycles. The van der Waals surface area contributed by atoms with Crippen LogP contribution in [0.15, 0.2) is 34.7 Å². The van der Waals surface area contributed by atoms with Gasteiger partial charge in [-0.15, -0.1) is 0 Å². The van der Waals surface area contributed by atoms with Crippen molar-refractivity contribution < 1.29 is 14.0 Å². The van der Waals surface area contributed by atoms with E-state index in [0.29, 0.717) is 44.8 Å². The van der Waals surface area contributed by atoms with Crippen molar-refractivity contribution in [3.8, 4) is 0 Å². The number of aromatic nitrogens is 1. The van der Waals surface area contributed by atoms with Crippen LogP contribution >= 0.6 is 0 Å². The number of fused-ring (bicyclic) bond motifs is 1. The molecule has 3 heterocycles. The van der Waals surface area contributed by atoms with Crippen molar-refractivity contribution >= 4 is 11.8 Å². The van der Waals surface area contributed by atoms with E-state index in [1.165, 1.54) is 0 Å². The van der Waals surface area contributed by atoms with Crippen LogP contribution in [0.1, 0.15) is 42.7 Å². The Morgan fingerprint density at radius 1 is 1.23 bits per heavy atom. The van der Waals surface area contributed by atoms with E-state index in [9.17, 15) is 9.59 Å². The average Bonchev–Trinajstić information content (AvgIpc) is 3.26. The molecule has 1 fully saturated rings. The van der Waals surface area contributed by atoms with Crippen LogP contribution in [0, 0.1) is 0 Å². The van der Waals surface area contributed by atoms with Crippen LogP contribution in [0.3, 0.4) is 0 Å².